The van der Waals surface area contributed by atoms with E-state index in [2.05, 4.69) is 217 Å². The fraction of sp³-hybridized carbons (Fsp3) is 0. The second-order valence-corrected chi connectivity index (χ2v) is 15.2. The largest absolute Gasteiger partial charge is 0.455 e. The summed E-state index contributed by atoms with van der Waals surface area (Å²) in [6.45, 7) is 0. The normalized spacial score (nSPS) is 11.7. The maximum absolute atomic E-state index is 6.75. The van der Waals surface area contributed by atoms with Gasteiger partial charge in [0.15, 0.2) is 0 Å². The molecule has 0 aliphatic heterocycles. The number of hydrogen-bond donors (Lipinski definition) is 0. The maximum atomic E-state index is 6.75. The molecule has 0 atom stereocenters. The molecule has 276 valence electrons. The van der Waals surface area contributed by atoms with E-state index in [4.69, 9.17) is 8.83 Å². The van der Waals surface area contributed by atoms with Crippen LogP contribution in [0, 0.1) is 0 Å². The molecular formula is C56H35NO2. The first-order valence-corrected chi connectivity index (χ1v) is 20.1. The molecule has 0 N–H and O–H groups in total. The molecule has 2 aromatic heterocycles. The van der Waals surface area contributed by atoms with Crippen LogP contribution in [-0.2, 0) is 0 Å². The molecule has 0 aliphatic carbocycles. The van der Waals surface area contributed by atoms with Crippen molar-refractivity contribution in [3.8, 4) is 33.4 Å². The molecule has 3 heteroatoms. The Morgan fingerprint density at radius 2 is 0.763 bits per heavy atom. The van der Waals surface area contributed by atoms with Gasteiger partial charge < -0.3 is 13.7 Å². The first-order valence-electron chi connectivity index (χ1n) is 20.1. The summed E-state index contributed by atoms with van der Waals surface area (Å²) in [6.07, 6.45) is 0. The number of furan rings is 2. The minimum absolute atomic E-state index is 0.848. The Bertz CT molecular complexity index is 3540. The third-order valence-corrected chi connectivity index (χ3v) is 11.9. The van der Waals surface area contributed by atoms with Crippen molar-refractivity contribution in [3.63, 3.8) is 0 Å². The number of para-hydroxylation sites is 1. The molecule has 0 radical (unpaired) electrons. The molecule has 0 saturated heterocycles. The molecule has 12 rings (SSSR count). The van der Waals surface area contributed by atoms with Crippen molar-refractivity contribution >= 4 is 82.5 Å². The number of hydrogen-bond acceptors (Lipinski definition) is 3. The van der Waals surface area contributed by atoms with Gasteiger partial charge in [-0.25, -0.2) is 0 Å². The van der Waals surface area contributed by atoms with E-state index in [9.17, 15) is 0 Å². The Kier molecular flexibility index (Phi) is 7.54. The first-order chi connectivity index (χ1) is 29.3. The maximum Gasteiger partial charge on any atom is 0.143 e. The smallest absolute Gasteiger partial charge is 0.143 e. The molecule has 3 nitrogen and oxygen atoms in total. The number of benzene rings is 10. The zero-order valence-electron chi connectivity index (χ0n) is 32.0. The Morgan fingerprint density at radius 3 is 1.42 bits per heavy atom. The molecule has 10 aromatic carbocycles. The van der Waals surface area contributed by atoms with Gasteiger partial charge in [0.1, 0.15) is 22.3 Å². The quantitative estimate of drug-likeness (QED) is 0.169. The van der Waals surface area contributed by atoms with Crippen LogP contribution in [0.4, 0.5) is 17.1 Å². The van der Waals surface area contributed by atoms with Crippen LogP contribution in [0.3, 0.4) is 0 Å². The SMILES string of the molecule is c1ccc(-c2ccc(-c3ccc(N(c4ccccc4-c4cccc5oc6c7ccccc7ccc6c45)c4cccc5oc6c7ccccc7ccc6c45)cc3)cc2)cc1. The third kappa shape index (κ3) is 5.36. The molecule has 0 fully saturated rings. The van der Waals surface area contributed by atoms with Crippen LogP contribution in [0.5, 0.6) is 0 Å². The standard InChI is InChI=1S/C56H35NO2/c1-2-12-36(13-3-1)37-24-26-38(27-25-37)39-28-32-42(33-29-39)57(50-21-11-23-52-54(50)48-35-31-41-15-5-7-17-44(41)56(48)59-52)49-20-9-8-18-45(49)46-19-10-22-51-53(46)47-34-30-40-14-4-6-16-43(40)55(47)58-51/h1-35H. The Morgan fingerprint density at radius 1 is 0.288 bits per heavy atom. The lowest BCUT2D eigenvalue weighted by Crippen LogP contribution is -2.11. The van der Waals surface area contributed by atoms with Crippen LogP contribution in [-0.4, -0.2) is 0 Å². The van der Waals surface area contributed by atoms with E-state index in [1.807, 2.05) is 0 Å². The van der Waals surface area contributed by atoms with Crippen molar-refractivity contribution in [3.05, 3.63) is 212 Å². The van der Waals surface area contributed by atoms with E-state index in [-0.39, 0.29) is 0 Å². The molecule has 0 saturated carbocycles. The predicted octanol–water partition coefficient (Wildman–Crippen LogP) is 16.3. The third-order valence-electron chi connectivity index (χ3n) is 11.9. The van der Waals surface area contributed by atoms with Crippen molar-refractivity contribution in [1.29, 1.82) is 0 Å². The highest BCUT2D eigenvalue weighted by atomic mass is 16.3. The van der Waals surface area contributed by atoms with Crippen LogP contribution < -0.4 is 4.90 Å². The molecule has 0 unspecified atom stereocenters. The Hall–Kier alpha value is -7.88. The fourth-order valence-electron chi connectivity index (χ4n) is 9.09. The van der Waals surface area contributed by atoms with Crippen LogP contribution in [0.15, 0.2) is 221 Å². The lowest BCUT2D eigenvalue weighted by molar-refractivity contribution is 0.672. The average molecular weight is 754 g/mol. The van der Waals surface area contributed by atoms with Gasteiger partial charge in [-0.1, -0.05) is 164 Å². The van der Waals surface area contributed by atoms with Crippen LogP contribution in [0.25, 0.3) is 98.8 Å². The molecule has 0 bridgehead atoms. The van der Waals surface area contributed by atoms with E-state index in [1.165, 1.54) is 16.7 Å². The first kappa shape index (κ1) is 33.3. The van der Waals surface area contributed by atoms with Gasteiger partial charge in [0.2, 0.25) is 0 Å². The summed E-state index contributed by atoms with van der Waals surface area (Å²) in [6, 6.07) is 75.6. The Labute approximate surface area is 340 Å². The minimum Gasteiger partial charge on any atom is -0.455 e. The number of nitrogens with zero attached hydrogens (tertiary/aromatic N) is 1. The van der Waals surface area contributed by atoms with E-state index in [0.717, 1.165) is 99.2 Å². The van der Waals surface area contributed by atoms with Gasteiger partial charge in [-0.05, 0) is 87.1 Å². The fourth-order valence-corrected chi connectivity index (χ4v) is 9.09. The summed E-state index contributed by atoms with van der Waals surface area (Å²) in [5.41, 5.74) is 13.6. The molecule has 0 spiro atoms. The van der Waals surface area contributed by atoms with Gasteiger partial charge in [0, 0.05) is 38.2 Å². The summed E-state index contributed by atoms with van der Waals surface area (Å²) in [7, 11) is 0. The van der Waals surface area contributed by atoms with Crippen LogP contribution in [0.1, 0.15) is 0 Å². The molecular weight excluding hydrogens is 719 g/mol. The summed E-state index contributed by atoms with van der Waals surface area (Å²) in [5.74, 6) is 0. The van der Waals surface area contributed by atoms with Crippen LogP contribution in [0.2, 0.25) is 0 Å². The van der Waals surface area contributed by atoms with Gasteiger partial charge >= 0.3 is 0 Å². The monoisotopic (exact) mass is 753 g/mol. The van der Waals surface area contributed by atoms with E-state index < -0.39 is 0 Å². The summed E-state index contributed by atoms with van der Waals surface area (Å²) < 4.78 is 13.4. The molecule has 0 aliphatic rings. The van der Waals surface area contributed by atoms with E-state index in [0.29, 0.717) is 0 Å². The van der Waals surface area contributed by atoms with Crippen LogP contribution >= 0.6 is 0 Å². The van der Waals surface area contributed by atoms with Crippen molar-refractivity contribution in [2.45, 2.75) is 0 Å². The van der Waals surface area contributed by atoms with Gasteiger partial charge in [-0.15, -0.1) is 0 Å². The van der Waals surface area contributed by atoms with Crippen molar-refractivity contribution in [2.75, 3.05) is 4.90 Å². The number of anilines is 3. The zero-order chi connectivity index (χ0) is 38.9. The number of rotatable bonds is 6. The van der Waals surface area contributed by atoms with Crippen molar-refractivity contribution < 1.29 is 8.83 Å². The predicted molar refractivity (Wildman–Crippen MR) is 247 cm³/mol. The highest BCUT2D eigenvalue weighted by Gasteiger charge is 2.24. The minimum atomic E-state index is 0.848. The van der Waals surface area contributed by atoms with Gasteiger partial charge in [0.25, 0.3) is 0 Å². The van der Waals surface area contributed by atoms with Gasteiger partial charge in [0.05, 0.1) is 16.8 Å². The lowest BCUT2D eigenvalue weighted by atomic mass is 9.95. The second-order valence-electron chi connectivity index (χ2n) is 15.2. The average Bonchev–Trinajstić information content (AvgIpc) is 3.90. The zero-order valence-corrected chi connectivity index (χ0v) is 32.0. The van der Waals surface area contributed by atoms with Crippen molar-refractivity contribution in [2.24, 2.45) is 0 Å². The van der Waals surface area contributed by atoms with E-state index >= 15 is 0 Å². The summed E-state index contributed by atoms with van der Waals surface area (Å²) in [5, 5.41) is 8.90. The van der Waals surface area contributed by atoms with Gasteiger partial charge in [-0.2, -0.15) is 0 Å². The number of fused-ring (bicyclic) bond motifs is 10. The van der Waals surface area contributed by atoms with E-state index in [1.54, 1.807) is 0 Å². The molecule has 2 heterocycles. The van der Waals surface area contributed by atoms with Gasteiger partial charge in [-0.3, -0.25) is 0 Å². The molecule has 12 aromatic rings. The highest BCUT2D eigenvalue weighted by Crippen LogP contribution is 2.49. The summed E-state index contributed by atoms with van der Waals surface area (Å²) >= 11 is 0. The highest BCUT2D eigenvalue weighted by molar-refractivity contribution is 6.22. The van der Waals surface area contributed by atoms with Crippen molar-refractivity contribution in [1.82, 2.24) is 0 Å². The Balaban J connectivity index is 1.07. The molecule has 59 heavy (non-hydrogen) atoms. The molecule has 0 amide bonds. The lowest BCUT2D eigenvalue weighted by Gasteiger charge is -2.29. The summed E-state index contributed by atoms with van der Waals surface area (Å²) in [4.78, 5) is 2.40. The topological polar surface area (TPSA) is 29.5 Å². The second kappa shape index (κ2) is 13.4.